The van der Waals surface area contributed by atoms with Gasteiger partial charge >= 0.3 is 23.5 Å². The molecule has 2 amide bonds. The molecule has 8 atom stereocenters. The summed E-state index contributed by atoms with van der Waals surface area (Å²) in [5.41, 5.74) is 4.27. The molecule has 3 rings (SSSR count). The molecule has 3 unspecified atom stereocenters. The standard InChI is InChI=1S/C38H66N7O18P3S/c1-26(17-20-46)14-12-10-8-6-4-5-7-9-11-13-15-29(48)67-21-19-40-28(47)16-18-41-36(51)33(50)38(2,3)23-60-66(57,58)63-65(55,56)59-22-27-32(62-64(52,53)54)31(49)37(61-27)45-25-44-30-34(39)42-24-43-35(30)45/h20,24-27,31-33,37,49-50H,4-19,21-23H2,1-3H3,(H,40,47)(H,41,51)(H,55,56)(H,57,58)(H2,39,42,43)(H2,52,53,54)/t26-,27-,31-,32-,33?,37-/m1/s1. The van der Waals surface area contributed by atoms with Gasteiger partial charge in [-0.25, -0.2) is 28.6 Å². The molecule has 0 spiro atoms. The van der Waals surface area contributed by atoms with Gasteiger partial charge in [-0.05, 0) is 12.3 Å². The molecule has 1 aliphatic heterocycles. The zero-order chi connectivity index (χ0) is 49.8. The first kappa shape index (κ1) is 58.5. The SMILES string of the molecule is C[C@@H](CC=O)CCCCCCCCCCCCC(=O)SCCNC(=O)CCNC(=O)C(O)C(C)(C)COP(=O)(O)OP(=O)(O)OC[C@H]1O[C@@H](n2cnc3c(N)ncnc32)[C@H](O)[C@@H]1OP(=O)(O)O. The molecule has 0 aliphatic carbocycles. The summed E-state index contributed by atoms with van der Waals surface area (Å²) in [4.78, 5) is 98.9. The number of nitrogen functional groups attached to an aromatic ring is 1. The number of nitrogens with zero attached hydrogens (tertiary/aromatic N) is 4. The van der Waals surface area contributed by atoms with E-state index in [0.29, 0.717) is 24.5 Å². The lowest BCUT2D eigenvalue weighted by atomic mass is 9.87. The summed E-state index contributed by atoms with van der Waals surface area (Å²) in [7, 11) is -16.4. The maximum absolute atomic E-state index is 12.7. The Labute approximate surface area is 392 Å². The molecular weight excluding hydrogens is 967 g/mol. The van der Waals surface area contributed by atoms with Crippen LogP contribution < -0.4 is 16.4 Å². The summed E-state index contributed by atoms with van der Waals surface area (Å²) in [6.45, 7) is 2.65. The summed E-state index contributed by atoms with van der Waals surface area (Å²) in [5, 5.41) is 26.6. The van der Waals surface area contributed by atoms with Crippen LogP contribution in [0.3, 0.4) is 0 Å². The third-order valence-electron chi connectivity index (χ3n) is 10.6. The third-order valence-corrected chi connectivity index (χ3v) is 14.6. The molecule has 1 aliphatic rings. The number of carbonyl (C=O) groups is 4. The van der Waals surface area contributed by atoms with Crippen molar-refractivity contribution >= 4 is 75.4 Å². The second-order valence-electron chi connectivity index (χ2n) is 16.9. The number of phosphoric ester groups is 3. The number of aromatic nitrogens is 4. The van der Waals surface area contributed by atoms with E-state index in [0.717, 1.165) is 67.4 Å². The Hall–Kier alpha value is -2.77. The van der Waals surface area contributed by atoms with E-state index in [2.05, 4.69) is 41.3 Å². The molecule has 10 N–H and O–H groups in total. The van der Waals surface area contributed by atoms with E-state index < -0.39 is 84.6 Å². The van der Waals surface area contributed by atoms with Crippen LogP contribution in [0.5, 0.6) is 0 Å². The molecular formula is C38H66N7O18P3S. The molecule has 0 aromatic carbocycles. The molecule has 2 aromatic heterocycles. The Morgan fingerprint density at radius 2 is 1.55 bits per heavy atom. The van der Waals surface area contributed by atoms with Crippen molar-refractivity contribution in [2.45, 2.75) is 141 Å². The van der Waals surface area contributed by atoms with Crippen molar-refractivity contribution in [3.05, 3.63) is 12.7 Å². The van der Waals surface area contributed by atoms with Crippen molar-refractivity contribution in [2.75, 3.05) is 37.8 Å². The van der Waals surface area contributed by atoms with Crippen molar-refractivity contribution in [1.29, 1.82) is 0 Å². The van der Waals surface area contributed by atoms with Gasteiger partial charge in [-0.3, -0.25) is 32.5 Å². The van der Waals surface area contributed by atoms with Crippen molar-refractivity contribution < 1.29 is 85.3 Å². The highest BCUT2D eigenvalue weighted by molar-refractivity contribution is 8.13. The molecule has 25 nitrogen and oxygen atoms in total. The third kappa shape index (κ3) is 21.4. The number of fused-ring (bicyclic) bond motifs is 1. The predicted octanol–water partition coefficient (Wildman–Crippen LogP) is 3.57. The van der Waals surface area contributed by atoms with Gasteiger partial charge in [0.2, 0.25) is 11.8 Å². The van der Waals surface area contributed by atoms with E-state index in [-0.39, 0.29) is 41.6 Å². The van der Waals surface area contributed by atoms with Crippen LogP contribution in [0.4, 0.5) is 5.82 Å². The van der Waals surface area contributed by atoms with Crippen LogP contribution in [0.15, 0.2) is 12.7 Å². The second-order valence-corrected chi connectivity index (χ2v) is 22.3. The Morgan fingerprint density at radius 1 is 0.925 bits per heavy atom. The van der Waals surface area contributed by atoms with Gasteiger partial charge in [-0.2, -0.15) is 4.31 Å². The van der Waals surface area contributed by atoms with E-state index in [4.69, 9.17) is 19.5 Å². The largest absolute Gasteiger partial charge is 0.481 e. The fourth-order valence-corrected chi connectivity index (χ4v) is 10.4. The van der Waals surface area contributed by atoms with Crippen LogP contribution in [0.2, 0.25) is 0 Å². The molecule has 2 aromatic rings. The lowest BCUT2D eigenvalue weighted by molar-refractivity contribution is -0.137. The number of ether oxygens (including phenoxy) is 1. The summed E-state index contributed by atoms with van der Waals surface area (Å²) in [6.07, 6.45) is 7.57. The van der Waals surface area contributed by atoms with E-state index >= 15 is 0 Å². The number of aliphatic hydroxyl groups excluding tert-OH is 2. The Kier molecular flexibility index (Phi) is 24.6. The monoisotopic (exact) mass is 1030 g/mol. The lowest BCUT2D eigenvalue weighted by Gasteiger charge is -2.30. The number of imidazole rings is 1. The van der Waals surface area contributed by atoms with Gasteiger partial charge in [0.25, 0.3) is 0 Å². The highest BCUT2D eigenvalue weighted by atomic mass is 32.2. The van der Waals surface area contributed by atoms with Crippen molar-refractivity contribution in [2.24, 2.45) is 11.3 Å². The highest BCUT2D eigenvalue weighted by Gasteiger charge is 2.50. The molecule has 1 saturated heterocycles. The van der Waals surface area contributed by atoms with Gasteiger partial charge in [0.15, 0.2) is 22.8 Å². The summed E-state index contributed by atoms with van der Waals surface area (Å²) in [6, 6.07) is 0. The van der Waals surface area contributed by atoms with Crippen molar-refractivity contribution in [3.63, 3.8) is 0 Å². The zero-order valence-corrected chi connectivity index (χ0v) is 41.3. The van der Waals surface area contributed by atoms with E-state index in [1.807, 2.05) is 0 Å². The predicted molar refractivity (Wildman–Crippen MR) is 242 cm³/mol. The number of nitrogens with one attached hydrogen (secondary N) is 2. The maximum atomic E-state index is 12.7. The van der Waals surface area contributed by atoms with Crippen LogP contribution in [-0.2, 0) is 55.5 Å². The normalized spacial score (nSPS) is 20.5. The van der Waals surface area contributed by atoms with E-state index in [9.17, 15) is 62.7 Å². The van der Waals surface area contributed by atoms with Crippen LogP contribution in [-0.4, -0.2) is 129 Å². The number of unbranched alkanes of at least 4 members (excludes halogenated alkanes) is 9. The molecule has 0 radical (unpaired) electrons. The molecule has 3 heterocycles. The van der Waals surface area contributed by atoms with Crippen molar-refractivity contribution in [1.82, 2.24) is 30.2 Å². The number of nitrogens with two attached hydrogens (primary N) is 1. The number of aldehydes is 1. The Bertz CT molecular complexity index is 2050. The lowest BCUT2D eigenvalue weighted by Crippen LogP contribution is -2.46. The molecule has 29 heteroatoms. The first-order valence-corrected chi connectivity index (χ1v) is 27.4. The number of aliphatic hydroxyl groups is 2. The van der Waals surface area contributed by atoms with Gasteiger partial charge in [-0.1, -0.05) is 96.7 Å². The fraction of sp³-hybridized carbons (Fsp3) is 0.763. The number of hydrogen-bond acceptors (Lipinski definition) is 19. The number of thioether (sulfide) groups is 1. The zero-order valence-electron chi connectivity index (χ0n) is 37.8. The Morgan fingerprint density at radius 3 is 2.19 bits per heavy atom. The number of hydrogen-bond donors (Lipinski definition) is 9. The summed E-state index contributed by atoms with van der Waals surface area (Å²) in [5.74, 6) is -0.582. The van der Waals surface area contributed by atoms with E-state index in [1.165, 1.54) is 52.4 Å². The molecule has 0 saturated carbocycles. The average Bonchev–Trinajstić information content (AvgIpc) is 3.80. The fourth-order valence-electron chi connectivity index (χ4n) is 6.83. The minimum absolute atomic E-state index is 0.0303. The molecule has 67 heavy (non-hydrogen) atoms. The van der Waals surface area contributed by atoms with Gasteiger partial charge in [0, 0.05) is 43.5 Å². The van der Waals surface area contributed by atoms with Gasteiger partial charge in [0.05, 0.1) is 19.5 Å². The maximum Gasteiger partial charge on any atom is 0.481 e. The number of anilines is 1. The first-order valence-electron chi connectivity index (χ1n) is 21.9. The number of phosphoric acid groups is 3. The van der Waals surface area contributed by atoms with Gasteiger partial charge in [-0.15, -0.1) is 0 Å². The molecule has 382 valence electrons. The topological polar surface area (TPSA) is 381 Å². The number of amides is 2. The van der Waals surface area contributed by atoms with Crippen LogP contribution in [0.1, 0.15) is 117 Å². The molecule has 0 bridgehead atoms. The number of rotatable bonds is 34. The summed E-state index contributed by atoms with van der Waals surface area (Å²) >= 11 is 1.14. The quantitative estimate of drug-likeness (QED) is 0.0275. The van der Waals surface area contributed by atoms with Gasteiger partial charge in [0.1, 0.15) is 42.5 Å². The highest BCUT2D eigenvalue weighted by Crippen LogP contribution is 2.61. The van der Waals surface area contributed by atoms with Crippen LogP contribution in [0.25, 0.3) is 11.2 Å². The van der Waals surface area contributed by atoms with Crippen LogP contribution in [0, 0.1) is 11.3 Å². The average molecular weight is 1030 g/mol. The van der Waals surface area contributed by atoms with Gasteiger partial charge < -0.3 is 55.7 Å². The molecule has 1 fully saturated rings. The van der Waals surface area contributed by atoms with E-state index in [1.54, 1.807) is 0 Å². The first-order chi connectivity index (χ1) is 31.4. The Balaban J connectivity index is 1.30. The minimum Gasteiger partial charge on any atom is -0.386 e. The summed E-state index contributed by atoms with van der Waals surface area (Å²) < 4.78 is 62.4. The minimum atomic E-state index is -5.58. The van der Waals surface area contributed by atoms with Crippen LogP contribution >= 0.6 is 35.2 Å². The number of carbonyl (C=O) groups excluding carboxylic acids is 4. The second kappa shape index (κ2) is 28.2. The smallest absolute Gasteiger partial charge is 0.386 e. The van der Waals surface area contributed by atoms with Crippen molar-refractivity contribution in [3.8, 4) is 0 Å².